The third-order valence-corrected chi connectivity index (χ3v) is 4.51. The van der Waals surface area contributed by atoms with Gasteiger partial charge in [-0.3, -0.25) is 19.8 Å². The van der Waals surface area contributed by atoms with Crippen LogP contribution in [0.25, 0.3) is 6.08 Å². The molecule has 0 spiro atoms. The zero-order chi connectivity index (χ0) is 18.0. The molecule has 0 bridgehead atoms. The first-order chi connectivity index (χ1) is 12.0. The highest BCUT2D eigenvalue weighted by Gasteiger charge is 2.34. The predicted molar refractivity (Wildman–Crippen MR) is 103 cm³/mol. The number of amides is 2. The summed E-state index contributed by atoms with van der Waals surface area (Å²) in [6.07, 6.45) is 1.53. The molecule has 2 amide bonds. The van der Waals surface area contributed by atoms with E-state index in [2.05, 4.69) is 21.2 Å². The minimum atomic E-state index is -0.519. The molecule has 2 aromatic rings. The lowest BCUT2D eigenvalue weighted by Crippen LogP contribution is -2.54. The number of rotatable bonds is 3. The van der Waals surface area contributed by atoms with Crippen molar-refractivity contribution < 1.29 is 14.3 Å². The molecular formula is C18H13BrN2O3S. The molecule has 0 unspecified atom stereocenters. The summed E-state index contributed by atoms with van der Waals surface area (Å²) in [5.74, 6) is -0.324. The van der Waals surface area contributed by atoms with Gasteiger partial charge in [-0.25, -0.2) is 0 Å². The molecule has 0 radical (unpaired) electrons. The molecule has 0 atom stereocenters. The van der Waals surface area contributed by atoms with E-state index in [1.54, 1.807) is 49.6 Å². The third-order valence-electron chi connectivity index (χ3n) is 3.60. The molecule has 1 aliphatic heterocycles. The van der Waals surface area contributed by atoms with Gasteiger partial charge in [-0.1, -0.05) is 24.3 Å². The van der Waals surface area contributed by atoms with Crippen LogP contribution < -0.4 is 15.0 Å². The number of carbonyl (C=O) groups excluding carboxylic acids is 2. The summed E-state index contributed by atoms with van der Waals surface area (Å²) in [7, 11) is 1.56. The number of hydrogen-bond donors (Lipinski definition) is 1. The van der Waals surface area contributed by atoms with Gasteiger partial charge in [0, 0.05) is 0 Å². The summed E-state index contributed by atoms with van der Waals surface area (Å²) in [5.41, 5.74) is 1.29. The van der Waals surface area contributed by atoms with Crippen LogP contribution in [0.3, 0.4) is 0 Å². The lowest BCUT2D eigenvalue weighted by molar-refractivity contribution is -0.122. The van der Waals surface area contributed by atoms with Gasteiger partial charge in [-0.2, -0.15) is 0 Å². The van der Waals surface area contributed by atoms with Crippen LogP contribution in [0.5, 0.6) is 5.75 Å². The fourth-order valence-electron chi connectivity index (χ4n) is 2.41. The SMILES string of the molecule is COc1ccc(C=C2C(=O)NC(=S)N(c3ccccc3)C2=O)cc1Br. The van der Waals surface area contributed by atoms with Gasteiger partial charge in [-0.15, -0.1) is 0 Å². The van der Waals surface area contributed by atoms with E-state index in [-0.39, 0.29) is 10.7 Å². The maximum Gasteiger partial charge on any atom is 0.270 e. The Kier molecular flexibility index (Phi) is 4.96. The molecule has 1 aliphatic rings. The Morgan fingerprint density at radius 3 is 2.52 bits per heavy atom. The molecule has 0 aliphatic carbocycles. The Bertz CT molecular complexity index is 896. The first-order valence-electron chi connectivity index (χ1n) is 7.31. The van der Waals surface area contributed by atoms with E-state index in [0.717, 1.165) is 4.47 Å². The maximum atomic E-state index is 12.8. The average Bonchev–Trinajstić information content (AvgIpc) is 2.59. The van der Waals surface area contributed by atoms with Crippen LogP contribution in [0.2, 0.25) is 0 Å². The molecule has 1 saturated heterocycles. The van der Waals surface area contributed by atoms with Crippen molar-refractivity contribution >= 4 is 56.8 Å². The van der Waals surface area contributed by atoms with Crippen molar-refractivity contribution in [3.63, 3.8) is 0 Å². The number of ether oxygens (including phenoxy) is 1. The highest BCUT2D eigenvalue weighted by atomic mass is 79.9. The van der Waals surface area contributed by atoms with Crippen LogP contribution >= 0.6 is 28.1 Å². The van der Waals surface area contributed by atoms with Gasteiger partial charge in [0.25, 0.3) is 11.8 Å². The second kappa shape index (κ2) is 7.16. The number of benzene rings is 2. The number of anilines is 1. The molecule has 1 fully saturated rings. The molecule has 1 N–H and O–H groups in total. The molecular weight excluding hydrogens is 404 g/mol. The second-order valence-electron chi connectivity index (χ2n) is 5.19. The Hall–Kier alpha value is -2.51. The fraction of sp³-hybridized carbons (Fsp3) is 0.0556. The van der Waals surface area contributed by atoms with Crippen molar-refractivity contribution in [1.82, 2.24) is 5.32 Å². The molecule has 126 valence electrons. The average molecular weight is 417 g/mol. The summed E-state index contributed by atoms with van der Waals surface area (Å²) < 4.78 is 5.91. The number of halogens is 1. The minimum Gasteiger partial charge on any atom is -0.496 e. The van der Waals surface area contributed by atoms with Crippen LogP contribution in [0.15, 0.2) is 58.6 Å². The van der Waals surface area contributed by atoms with Crippen LogP contribution in [0, 0.1) is 0 Å². The lowest BCUT2D eigenvalue weighted by atomic mass is 10.1. The van der Waals surface area contributed by atoms with Gasteiger partial charge in [0.2, 0.25) is 0 Å². The molecule has 2 aromatic carbocycles. The fourth-order valence-corrected chi connectivity index (χ4v) is 3.25. The van der Waals surface area contributed by atoms with Crippen molar-refractivity contribution in [2.45, 2.75) is 0 Å². The first-order valence-corrected chi connectivity index (χ1v) is 8.51. The van der Waals surface area contributed by atoms with Crippen LogP contribution in [-0.2, 0) is 9.59 Å². The van der Waals surface area contributed by atoms with Crippen molar-refractivity contribution in [2.24, 2.45) is 0 Å². The highest BCUT2D eigenvalue weighted by Crippen LogP contribution is 2.27. The predicted octanol–water partition coefficient (Wildman–Crippen LogP) is 3.29. The Labute approximate surface area is 158 Å². The largest absolute Gasteiger partial charge is 0.496 e. The quantitative estimate of drug-likeness (QED) is 0.473. The van der Waals surface area contributed by atoms with Crippen LogP contribution in [0.1, 0.15) is 5.56 Å². The summed E-state index contributed by atoms with van der Waals surface area (Å²) in [6, 6.07) is 14.2. The van der Waals surface area contributed by atoms with Crippen LogP contribution in [0.4, 0.5) is 5.69 Å². The zero-order valence-electron chi connectivity index (χ0n) is 13.2. The van der Waals surface area contributed by atoms with E-state index in [0.29, 0.717) is 17.0 Å². The van der Waals surface area contributed by atoms with Crippen molar-refractivity contribution in [3.05, 3.63) is 64.1 Å². The van der Waals surface area contributed by atoms with Gasteiger partial charge >= 0.3 is 0 Å². The standard InChI is InChI=1S/C18H13BrN2O3S/c1-24-15-8-7-11(10-14(15)19)9-13-16(22)20-18(25)21(17(13)23)12-5-3-2-4-6-12/h2-10H,1H3,(H,20,22,25). The monoisotopic (exact) mass is 416 g/mol. The first kappa shape index (κ1) is 17.3. The van der Waals surface area contributed by atoms with Gasteiger partial charge in [0.1, 0.15) is 11.3 Å². The Morgan fingerprint density at radius 2 is 1.88 bits per heavy atom. The normalized spacial score (nSPS) is 16.2. The third kappa shape index (κ3) is 3.47. The topological polar surface area (TPSA) is 58.6 Å². The molecule has 0 aromatic heterocycles. The lowest BCUT2D eigenvalue weighted by Gasteiger charge is -2.28. The molecule has 1 heterocycles. The number of methoxy groups -OCH3 is 1. The van der Waals surface area contributed by atoms with Crippen molar-refractivity contribution in [1.29, 1.82) is 0 Å². The van der Waals surface area contributed by atoms with E-state index in [4.69, 9.17) is 17.0 Å². The molecule has 0 saturated carbocycles. The van der Waals surface area contributed by atoms with E-state index >= 15 is 0 Å². The molecule has 3 rings (SSSR count). The second-order valence-corrected chi connectivity index (χ2v) is 6.43. The number of para-hydroxylation sites is 1. The summed E-state index contributed by atoms with van der Waals surface area (Å²) in [6.45, 7) is 0. The van der Waals surface area contributed by atoms with E-state index in [1.165, 1.54) is 11.0 Å². The molecule has 25 heavy (non-hydrogen) atoms. The number of nitrogens with zero attached hydrogens (tertiary/aromatic N) is 1. The van der Waals surface area contributed by atoms with Crippen molar-refractivity contribution in [3.8, 4) is 5.75 Å². The van der Waals surface area contributed by atoms with Gasteiger partial charge in [0.15, 0.2) is 5.11 Å². The molecule has 7 heteroatoms. The number of thiocarbonyl (C=S) groups is 1. The minimum absolute atomic E-state index is 0.00881. The van der Waals surface area contributed by atoms with E-state index in [1.807, 2.05) is 6.07 Å². The van der Waals surface area contributed by atoms with Gasteiger partial charge in [-0.05, 0) is 64.1 Å². The Balaban J connectivity index is 2.00. The maximum absolute atomic E-state index is 12.8. The Morgan fingerprint density at radius 1 is 1.16 bits per heavy atom. The van der Waals surface area contributed by atoms with Gasteiger partial charge < -0.3 is 4.74 Å². The molecule has 5 nitrogen and oxygen atoms in total. The van der Waals surface area contributed by atoms with Crippen molar-refractivity contribution in [2.75, 3.05) is 12.0 Å². The number of carbonyl (C=O) groups is 2. The summed E-state index contributed by atoms with van der Waals surface area (Å²) in [4.78, 5) is 26.4. The summed E-state index contributed by atoms with van der Waals surface area (Å²) >= 11 is 8.55. The van der Waals surface area contributed by atoms with Gasteiger partial charge in [0.05, 0.1) is 17.3 Å². The zero-order valence-corrected chi connectivity index (χ0v) is 15.6. The number of hydrogen-bond acceptors (Lipinski definition) is 4. The number of nitrogens with one attached hydrogen (secondary N) is 1. The van der Waals surface area contributed by atoms with Crippen LogP contribution in [-0.4, -0.2) is 24.0 Å². The van der Waals surface area contributed by atoms with E-state index in [9.17, 15) is 9.59 Å². The summed E-state index contributed by atoms with van der Waals surface area (Å²) in [5, 5.41) is 2.62. The smallest absolute Gasteiger partial charge is 0.270 e. The highest BCUT2D eigenvalue weighted by molar-refractivity contribution is 9.10. The van der Waals surface area contributed by atoms with E-state index < -0.39 is 11.8 Å².